The Balaban J connectivity index is 1.46. The lowest BCUT2D eigenvalue weighted by Gasteiger charge is -2.26. The quantitative estimate of drug-likeness (QED) is 0.226. The number of imidazole rings is 1. The predicted octanol–water partition coefficient (Wildman–Crippen LogP) is 2.77. The van der Waals surface area contributed by atoms with E-state index in [1.807, 2.05) is 6.92 Å². The Hall–Kier alpha value is -4.62. The summed E-state index contributed by atoms with van der Waals surface area (Å²) in [5.41, 5.74) is 7.77. The van der Waals surface area contributed by atoms with Crippen LogP contribution in [0.25, 0.3) is 11.0 Å². The lowest BCUT2D eigenvalue weighted by Crippen LogP contribution is -2.33. The topological polar surface area (TPSA) is 182 Å². The number of carbonyl (C=O) groups excluding carboxylic acids is 4. The first-order valence-electron chi connectivity index (χ1n) is 13.9. The molecule has 1 aliphatic carbocycles. The fourth-order valence-corrected chi connectivity index (χ4v) is 5.18. The van der Waals surface area contributed by atoms with Crippen LogP contribution in [0.5, 0.6) is 5.75 Å². The Morgan fingerprint density at radius 3 is 2.48 bits per heavy atom. The molecule has 3 amide bonds. The third-order valence-corrected chi connectivity index (χ3v) is 7.28. The van der Waals surface area contributed by atoms with Crippen LogP contribution in [0.4, 0.5) is 10.7 Å². The Bertz CT molecular complexity index is 1470. The number of ether oxygens (including phenoxy) is 3. The standard InChI is InChI=1S/C28H37N7O7/c1-5-35-21(13-16(2)33-35)25(37)32-27-31-20-14-18(24(29)36)15-22(40-3)23(20)34(27)12-6-11-30-28(39)42-19-9-7-17(8-10-19)26(38)41-4/h13-15,17,19H,5-12H2,1-4H3,(H2,29,36)(H,30,39)(H,31,32,37). The van der Waals surface area contributed by atoms with Gasteiger partial charge in [0.25, 0.3) is 5.91 Å². The van der Waals surface area contributed by atoms with Gasteiger partial charge in [0.1, 0.15) is 23.1 Å². The van der Waals surface area contributed by atoms with Crippen molar-refractivity contribution in [3.63, 3.8) is 0 Å². The van der Waals surface area contributed by atoms with E-state index in [0.29, 0.717) is 73.4 Å². The van der Waals surface area contributed by atoms with E-state index in [2.05, 4.69) is 20.7 Å². The molecule has 4 rings (SSSR count). The number of methoxy groups -OCH3 is 2. The summed E-state index contributed by atoms with van der Waals surface area (Å²) in [5, 5.41) is 9.96. The highest BCUT2D eigenvalue weighted by Crippen LogP contribution is 2.31. The molecule has 1 aromatic carbocycles. The average Bonchev–Trinajstić information content (AvgIpc) is 3.53. The van der Waals surface area contributed by atoms with Gasteiger partial charge >= 0.3 is 12.1 Å². The molecule has 226 valence electrons. The second-order valence-electron chi connectivity index (χ2n) is 10.1. The van der Waals surface area contributed by atoms with Crippen LogP contribution >= 0.6 is 0 Å². The number of amides is 3. The van der Waals surface area contributed by atoms with Crippen molar-refractivity contribution in [1.29, 1.82) is 0 Å². The fourth-order valence-electron chi connectivity index (χ4n) is 5.18. The van der Waals surface area contributed by atoms with E-state index in [9.17, 15) is 19.2 Å². The SMILES string of the molecule is CCn1nc(C)cc1C(=O)Nc1nc2cc(C(N)=O)cc(OC)c2n1CCCNC(=O)OC1CCC(C(=O)OC)CC1. The first-order chi connectivity index (χ1) is 20.1. The molecule has 42 heavy (non-hydrogen) atoms. The van der Waals surface area contributed by atoms with Crippen molar-refractivity contribution < 1.29 is 33.4 Å². The molecule has 1 fully saturated rings. The molecule has 2 heterocycles. The zero-order valence-electron chi connectivity index (χ0n) is 24.3. The van der Waals surface area contributed by atoms with Gasteiger partial charge in [0.2, 0.25) is 11.9 Å². The maximum absolute atomic E-state index is 13.2. The smallest absolute Gasteiger partial charge is 0.407 e. The number of aromatic nitrogens is 4. The molecular weight excluding hydrogens is 546 g/mol. The maximum atomic E-state index is 13.2. The molecule has 3 aromatic rings. The second-order valence-corrected chi connectivity index (χ2v) is 10.1. The van der Waals surface area contributed by atoms with Gasteiger partial charge in [-0.1, -0.05) is 0 Å². The molecule has 1 saturated carbocycles. The summed E-state index contributed by atoms with van der Waals surface area (Å²) >= 11 is 0. The van der Waals surface area contributed by atoms with Crippen molar-refractivity contribution in [2.75, 3.05) is 26.1 Å². The van der Waals surface area contributed by atoms with Crippen LogP contribution in [0.3, 0.4) is 0 Å². The van der Waals surface area contributed by atoms with Gasteiger partial charge in [-0.05, 0) is 64.2 Å². The Labute approximate surface area is 242 Å². The molecule has 14 nitrogen and oxygen atoms in total. The number of anilines is 1. The van der Waals surface area contributed by atoms with E-state index < -0.39 is 17.9 Å². The number of hydrogen-bond donors (Lipinski definition) is 3. The van der Waals surface area contributed by atoms with Gasteiger partial charge in [-0.2, -0.15) is 5.10 Å². The average molecular weight is 584 g/mol. The van der Waals surface area contributed by atoms with Crippen LogP contribution in [0.2, 0.25) is 0 Å². The number of benzene rings is 1. The molecule has 2 aromatic heterocycles. The van der Waals surface area contributed by atoms with Crippen LogP contribution < -0.4 is 21.1 Å². The Morgan fingerprint density at radius 2 is 1.83 bits per heavy atom. The molecular formula is C28H37N7O7. The van der Waals surface area contributed by atoms with E-state index in [0.717, 1.165) is 0 Å². The van der Waals surface area contributed by atoms with Crippen molar-refractivity contribution in [3.8, 4) is 5.75 Å². The van der Waals surface area contributed by atoms with Gasteiger partial charge in [0.15, 0.2) is 0 Å². The fraction of sp³-hybridized carbons (Fsp3) is 0.500. The predicted molar refractivity (Wildman–Crippen MR) is 152 cm³/mol. The molecule has 1 aliphatic rings. The van der Waals surface area contributed by atoms with Gasteiger partial charge < -0.3 is 29.8 Å². The maximum Gasteiger partial charge on any atom is 0.407 e. The summed E-state index contributed by atoms with van der Waals surface area (Å²) < 4.78 is 19.2. The van der Waals surface area contributed by atoms with E-state index in [-0.39, 0.29) is 36.0 Å². The number of hydrogen-bond acceptors (Lipinski definition) is 9. The Morgan fingerprint density at radius 1 is 1.10 bits per heavy atom. The molecule has 0 radical (unpaired) electrons. The highest BCUT2D eigenvalue weighted by molar-refractivity contribution is 6.04. The minimum absolute atomic E-state index is 0.153. The lowest BCUT2D eigenvalue weighted by molar-refractivity contribution is -0.147. The number of fused-ring (bicyclic) bond motifs is 1. The third-order valence-electron chi connectivity index (χ3n) is 7.28. The third kappa shape index (κ3) is 6.81. The van der Waals surface area contributed by atoms with Crippen LogP contribution in [0.15, 0.2) is 18.2 Å². The molecule has 14 heteroatoms. The lowest BCUT2D eigenvalue weighted by atomic mass is 9.87. The molecule has 4 N–H and O–H groups in total. The van der Waals surface area contributed by atoms with Crippen LogP contribution in [-0.2, 0) is 27.4 Å². The highest BCUT2D eigenvalue weighted by atomic mass is 16.6. The summed E-state index contributed by atoms with van der Waals surface area (Å²) in [4.78, 5) is 53.8. The normalized spacial score (nSPS) is 16.6. The van der Waals surface area contributed by atoms with Crippen LogP contribution in [-0.4, -0.2) is 70.1 Å². The van der Waals surface area contributed by atoms with Gasteiger partial charge in [0.05, 0.1) is 31.3 Å². The van der Waals surface area contributed by atoms with Crippen molar-refractivity contribution >= 4 is 40.9 Å². The molecule has 0 atom stereocenters. The van der Waals surface area contributed by atoms with Crippen molar-refractivity contribution in [3.05, 3.63) is 35.2 Å². The zero-order chi connectivity index (χ0) is 30.4. The van der Waals surface area contributed by atoms with E-state index in [1.165, 1.54) is 26.4 Å². The number of nitrogens with two attached hydrogens (primary N) is 1. The van der Waals surface area contributed by atoms with Crippen molar-refractivity contribution in [2.45, 2.75) is 65.1 Å². The number of nitrogens with zero attached hydrogens (tertiary/aromatic N) is 4. The summed E-state index contributed by atoms with van der Waals surface area (Å²) in [6.07, 6.45) is 2.10. The molecule has 0 bridgehead atoms. The largest absolute Gasteiger partial charge is 0.494 e. The minimum Gasteiger partial charge on any atom is -0.494 e. The van der Waals surface area contributed by atoms with Crippen molar-refractivity contribution in [2.24, 2.45) is 11.7 Å². The summed E-state index contributed by atoms with van der Waals surface area (Å²) in [7, 11) is 2.84. The second kappa shape index (κ2) is 13.4. The first-order valence-corrected chi connectivity index (χ1v) is 13.9. The number of alkyl carbamates (subject to hydrolysis) is 1. The number of esters is 1. The van der Waals surface area contributed by atoms with Gasteiger partial charge in [-0.3, -0.25) is 24.4 Å². The monoisotopic (exact) mass is 583 g/mol. The number of aryl methyl sites for hydroxylation is 3. The van der Waals surface area contributed by atoms with Crippen molar-refractivity contribution in [1.82, 2.24) is 24.6 Å². The van der Waals surface area contributed by atoms with Gasteiger partial charge in [0, 0.05) is 25.2 Å². The van der Waals surface area contributed by atoms with E-state index >= 15 is 0 Å². The summed E-state index contributed by atoms with van der Waals surface area (Å²) in [6, 6.07) is 4.75. The van der Waals surface area contributed by atoms with E-state index in [4.69, 9.17) is 19.9 Å². The molecule has 0 aliphatic heterocycles. The number of rotatable bonds is 11. The van der Waals surface area contributed by atoms with Crippen LogP contribution in [0.1, 0.15) is 65.6 Å². The van der Waals surface area contributed by atoms with Gasteiger partial charge in [-0.15, -0.1) is 0 Å². The summed E-state index contributed by atoms with van der Waals surface area (Å²) in [5.74, 6) is -0.819. The van der Waals surface area contributed by atoms with E-state index in [1.54, 1.807) is 22.2 Å². The van der Waals surface area contributed by atoms with Crippen LogP contribution in [0, 0.1) is 12.8 Å². The zero-order valence-corrected chi connectivity index (χ0v) is 24.3. The number of nitrogens with one attached hydrogen (secondary N) is 2. The van der Waals surface area contributed by atoms with Gasteiger partial charge in [-0.25, -0.2) is 9.78 Å². The summed E-state index contributed by atoms with van der Waals surface area (Å²) in [6.45, 7) is 4.83. The first kappa shape index (κ1) is 30.3. The molecule has 0 unspecified atom stereocenters. The number of carbonyl (C=O) groups is 4. The highest BCUT2D eigenvalue weighted by Gasteiger charge is 2.29. The number of primary amides is 1. The molecule has 0 saturated heterocycles. The minimum atomic E-state index is -0.640. The molecule has 0 spiro atoms. The Kier molecular flexibility index (Phi) is 9.65.